The first-order chi connectivity index (χ1) is 12.8. The number of likely N-dealkylation sites (tertiary alicyclic amines) is 1. The standard InChI is InChI=1S/C20H24N4O2/c1-2-25-17-5-3-15(4-6-17)19-8-7-18(26-19)13-24-11-9-16(10-12-24)20-21-14-22-23-20/h3-8,14,16H,2,9-13H2,1H3,(H,21,22,23). The number of nitrogens with one attached hydrogen (secondary N) is 1. The molecule has 0 aliphatic carbocycles. The quantitative estimate of drug-likeness (QED) is 0.730. The molecule has 4 rings (SSSR count). The first-order valence-electron chi connectivity index (χ1n) is 9.21. The van der Waals surface area contributed by atoms with E-state index in [0.29, 0.717) is 12.5 Å². The fourth-order valence-corrected chi connectivity index (χ4v) is 3.50. The third-order valence-electron chi connectivity index (χ3n) is 4.90. The highest BCUT2D eigenvalue weighted by Crippen LogP contribution is 2.28. The highest BCUT2D eigenvalue weighted by Gasteiger charge is 2.23. The second-order valence-corrected chi connectivity index (χ2v) is 6.64. The summed E-state index contributed by atoms with van der Waals surface area (Å²) < 4.78 is 11.6. The van der Waals surface area contributed by atoms with E-state index in [9.17, 15) is 0 Å². The van der Waals surface area contributed by atoms with E-state index in [0.717, 1.165) is 61.1 Å². The lowest BCUT2D eigenvalue weighted by molar-refractivity contribution is 0.189. The van der Waals surface area contributed by atoms with Crippen LogP contribution >= 0.6 is 0 Å². The van der Waals surface area contributed by atoms with Crippen LogP contribution in [0.5, 0.6) is 5.75 Å². The Hall–Kier alpha value is -2.60. The predicted octanol–water partition coefficient (Wildman–Crippen LogP) is 3.84. The van der Waals surface area contributed by atoms with E-state index >= 15 is 0 Å². The average molecular weight is 352 g/mol. The summed E-state index contributed by atoms with van der Waals surface area (Å²) in [5.41, 5.74) is 1.07. The van der Waals surface area contributed by atoms with Gasteiger partial charge in [0.1, 0.15) is 29.4 Å². The molecule has 3 heterocycles. The smallest absolute Gasteiger partial charge is 0.137 e. The topological polar surface area (TPSA) is 67.2 Å². The maximum Gasteiger partial charge on any atom is 0.137 e. The van der Waals surface area contributed by atoms with E-state index in [2.05, 4.69) is 26.1 Å². The van der Waals surface area contributed by atoms with Crippen LogP contribution in [0.4, 0.5) is 0 Å². The van der Waals surface area contributed by atoms with Gasteiger partial charge in [0.15, 0.2) is 0 Å². The van der Waals surface area contributed by atoms with Gasteiger partial charge in [-0.05, 0) is 69.3 Å². The number of hydrogen-bond acceptors (Lipinski definition) is 5. The van der Waals surface area contributed by atoms with Gasteiger partial charge in [-0.2, -0.15) is 5.10 Å². The molecule has 6 nitrogen and oxygen atoms in total. The van der Waals surface area contributed by atoms with Crippen LogP contribution in [0, 0.1) is 0 Å². The van der Waals surface area contributed by atoms with E-state index in [1.165, 1.54) is 0 Å². The Morgan fingerprint density at radius 3 is 2.65 bits per heavy atom. The largest absolute Gasteiger partial charge is 0.494 e. The third-order valence-corrected chi connectivity index (χ3v) is 4.90. The van der Waals surface area contributed by atoms with Crippen LogP contribution in [0.25, 0.3) is 11.3 Å². The lowest BCUT2D eigenvalue weighted by atomic mass is 9.96. The summed E-state index contributed by atoms with van der Waals surface area (Å²) in [7, 11) is 0. The Morgan fingerprint density at radius 1 is 1.15 bits per heavy atom. The molecular formula is C20H24N4O2. The Morgan fingerprint density at radius 2 is 1.96 bits per heavy atom. The summed E-state index contributed by atoms with van der Waals surface area (Å²) in [6, 6.07) is 12.2. The first-order valence-corrected chi connectivity index (χ1v) is 9.21. The molecule has 0 atom stereocenters. The maximum atomic E-state index is 6.06. The number of aromatic nitrogens is 3. The van der Waals surface area contributed by atoms with Crippen molar-refractivity contribution in [1.29, 1.82) is 0 Å². The SMILES string of the molecule is CCOc1ccc(-c2ccc(CN3CCC(c4ncn[nH]4)CC3)o2)cc1. The number of piperidine rings is 1. The van der Waals surface area contributed by atoms with E-state index < -0.39 is 0 Å². The Labute approximate surface area is 153 Å². The lowest BCUT2D eigenvalue weighted by Gasteiger charge is -2.30. The molecule has 6 heteroatoms. The summed E-state index contributed by atoms with van der Waals surface area (Å²) in [6.45, 7) is 5.60. The van der Waals surface area contributed by atoms with Gasteiger partial charge in [-0.3, -0.25) is 10.00 Å². The van der Waals surface area contributed by atoms with Crippen molar-refractivity contribution < 1.29 is 9.15 Å². The number of nitrogens with zero attached hydrogens (tertiary/aromatic N) is 3. The predicted molar refractivity (Wildman–Crippen MR) is 98.9 cm³/mol. The fraction of sp³-hybridized carbons (Fsp3) is 0.400. The van der Waals surface area contributed by atoms with Crippen molar-refractivity contribution in [2.45, 2.75) is 32.2 Å². The minimum absolute atomic E-state index is 0.491. The minimum Gasteiger partial charge on any atom is -0.494 e. The van der Waals surface area contributed by atoms with Gasteiger partial charge in [-0.1, -0.05) is 0 Å². The van der Waals surface area contributed by atoms with Gasteiger partial charge in [-0.25, -0.2) is 4.98 Å². The fourth-order valence-electron chi connectivity index (χ4n) is 3.50. The molecule has 3 aromatic rings. The molecule has 1 saturated heterocycles. The molecule has 0 spiro atoms. The second-order valence-electron chi connectivity index (χ2n) is 6.64. The van der Waals surface area contributed by atoms with Crippen molar-refractivity contribution in [3.05, 3.63) is 54.3 Å². The van der Waals surface area contributed by atoms with Gasteiger partial charge in [-0.15, -0.1) is 0 Å². The van der Waals surface area contributed by atoms with Gasteiger partial charge in [0, 0.05) is 11.5 Å². The Bertz CT molecular complexity index is 803. The van der Waals surface area contributed by atoms with E-state index in [-0.39, 0.29) is 0 Å². The summed E-state index contributed by atoms with van der Waals surface area (Å²) in [6.07, 6.45) is 3.79. The van der Waals surface area contributed by atoms with Crippen LogP contribution in [0.3, 0.4) is 0 Å². The molecule has 1 N–H and O–H groups in total. The summed E-state index contributed by atoms with van der Waals surface area (Å²) in [5, 5.41) is 6.96. The first kappa shape index (κ1) is 16.8. The molecule has 2 aromatic heterocycles. The molecule has 0 saturated carbocycles. The molecule has 0 unspecified atom stereocenters. The third kappa shape index (κ3) is 3.80. The molecule has 0 bridgehead atoms. The summed E-state index contributed by atoms with van der Waals surface area (Å²) in [4.78, 5) is 6.73. The van der Waals surface area contributed by atoms with Crippen LogP contribution in [0.2, 0.25) is 0 Å². The molecule has 1 aromatic carbocycles. The van der Waals surface area contributed by atoms with Crippen LogP contribution in [0.1, 0.15) is 37.3 Å². The number of benzene rings is 1. The molecule has 1 aliphatic heterocycles. The normalized spacial score (nSPS) is 16.0. The zero-order chi connectivity index (χ0) is 17.8. The van der Waals surface area contributed by atoms with Gasteiger partial charge < -0.3 is 9.15 Å². The lowest BCUT2D eigenvalue weighted by Crippen LogP contribution is -2.32. The number of H-pyrrole nitrogens is 1. The summed E-state index contributed by atoms with van der Waals surface area (Å²) >= 11 is 0. The van der Waals surface area contributed by atoms with Crippen LogP contribution in [-0.4, -0.2) is 39.8 Å². The molecule has 0 radical (unpaired) electrons. The zero-order valence-corrected chi connectivity index (χ0v) is 15.0. The molecule has 136 valence electrons. The van der Waals surface area contributed by atoms with Gasteiger partial charge in [0.25, 0.3) is 0 Å². The van der Waals surface area contributed by atoms with Crippen molar-refractivity contribution in [3.63, 3.8) is 0 Å². The van der Waals surface area contributed by atoms with Crippen molar-refractivity contribution in [3.8, 4) is 17.1 Å². The van der Waals surface area contributed by atoms with Gasteiger partial charge in [0.2, 0.25) is 0 Å². The molecule has 1 fully saturated rings. The van der Waals surface area contributed by atoms with E-state index in [1.807, 2.05) is 37.3 Å². The van der Waals surface area contributed by atoms with Crippen LogP contribution < -0.4 is 4.74 Å². The Balaban J connectivity index is 1.34. The molecule has 0 amide bonds. The van der Waals surface area contributed by atoms with Gasteiger partial charge in [0.05, 0.1) is 13.2 Å². The number of aromatic amines is 1. The van der Waals surface area contributed by atoms with Crippen LogP contribution in [-0.2, 0) is 6.54 Å². The highest BCUT2D eigenvalue weighted by molar-refractivity contribution is 5.58. The van der Waals surface area contributed by atoms with Gasteiger partial charge >= 0.3 is 0 Å². The van der Waals surface area contributed by atoms with E-state index in [1.54, 1.807) is 6.33 Å². The number of hydrogen-bond donors (Lipinski definition) is 1. The second kappa shape index (κ2) is 7.74. The molecular weight excluding hydrogens is 328 g/mol. The monoisotopic (exact) mass is 352 g/mol. The molecule has 1 aliphatic rings. The van der Waals surface area contributed by atoms with Crippen molar-refractivity contribution in [2.75, 3.05) is 19.7 Å². The molecule has 26 heavy (non-hydrogen) atoms. The minimum atomic E-state index is 0.491. The van der Waals surface area contributed by atoms with Crippen molar-refractivity contribution in [1.82, 2.24) is 20.1 Å². The Kier molecular flexibility index (Phi) is 5.02. The maximum absolute atomic E-state index is 6.06. The van der Waals surface area contributed by atoms with Crippen molar-refractivity contribution >= 4 is 0 Å². The number of ether oxygens (including phenoxy) is 1. The average Bonchev–Trinajstić information content (AvgIpc) is 3.36. The van der Waals surface area contributed by atoms with Crippen molar-refractivity contribution in [2.24, 2.45) is 0 Å². The van der Waals surface area contributed by atoms with E-state index in [4.69, 9.17) is 9.15 Å². The number of rotatable bonds is 6. The summed E-state index contributed by atoms with van der Waals surface area (Å²) in [5.74, 6) is 4.30. The van der Waals surface area contributed by atoms with Crippen LogP contribution in [0.15, 0.2) is 47.1 Å². The zero-order valence-electron chi connectivity index (χ0n) is 15.0. The number of furan rings is 1. The highest BCUT2D eigenvalue weighted by atomic mass is 16.5.